The lowest BCUT2D eigenvalue weighted by Crippen LogP contribution is -2.18. The Bertz CT molecular complexity index is 920. The van der Waals surface area contributed by atoms with Gasteiger partial charge >= 0.3 is 0 Å². The lowest BCUT2D eigenvalue weighted by atomic mass is 10.1. The molecule has 3 aromatic rings. The molecule has 0 aliphatic heterocycles. The van der Waals surface area contributed by atoms with Gasteiger partial charge in [0.25, 0.3) is 5.56 Å². The lowest BCUT2D eigenvalue weighted by Gasteiger charge is -2.06. The number of H-pyrrole nitrogens is 1. The van der Waals surface area contributed by atoms with Crippen molar-refractivity contribution in [3.05, 3.63) is 81.8 Å². The summed E-state index contributed by atoms with van der Waals surface area (Å²) in [6.07, 6.45) is 0.420. The molecule has 0 spiro atoms. The minimum absolute atomic E-state index is 0.0311. The molecule has 0 aliphatic carbocycles. The van der Waals surface area contributed by atoms with Crippen LogP contribution in [0.2, 0.25) is 0 Å². The summed E-state index contributed by atoms with van der Waals surface area (Å²) in [6, 6.07) is 16.6. The zero-order valence-corrected chi connectivity index (χ0v) is 13.1. The van der Waals surface area contributed by atoms with E-state index >= 15 is 0 Å². The fourth-order valence-corrected chi connectivity index (χ4v) is 2.27. The van der Waals surface area contributed by atoms with Gasteiger partial charge in [-0.25, -0.2) is 0 Å². The van der Waals surface area contributed by atoms with Crippen molar-refractivity contribution in [2.45, 2.75) is 13.3 Å². The Kier molecular flexibility index (Phi) is 4.47. The summed E-state index contributed by atoms with van der Waals surface area (Å²) < 4.78 is 0. The van der Waals surface area contributed by atoms with Gasteiger partial charge in [-0.3, -0.25) is 14.6 Å². The van der Waals surface area contributed by atoms with Crippen molar-refractivity contribution in [1.82, 2.24) is 15.2 Å². The molecule has 1 heterocycles. The third-order valence-electron chi connectivity index (χ3n) is 3.51. The summed E-state index contributed by atoms with van der Waals surface area (Å²) in [6.45, 7) is 1.50. The average Bonchev–Trinajstić information content (AvgIpc) is 2.58. The Morgan fingerprint density at radius 1 is 1.08 bits per heavy atom. The molecule has 0 aliphatic rings. The van der Waals surface area contributed by atoms with Crippen molar-refractivity contribution in [1.29, 1.82) is 0 Å². The fourth-order valence-electron chi connectivity index (χ4n) is 2.27. The van der Waals surface area contributed by atoms with Crippen molar-refractivity contribution in [3.8, 4) is 0 Å². The highest BCUT2D eigenvalue weighted by Crippen LogP contribution is 2.14. The first-order valence-corrected chi connectivity index (χ1v) is 7.49. The molecule has 0 radical (unpaired) electrons. The predicted octanol–water partition coefficient (Wildman–Crippen LogP) is 2.70. The minimum atomic E-state index is -0.293. The van der Waals surface area contributed by atoms with Gasteiger partial charge in [-0.15, -0.1) is 10.2 Å². The van der Waals surface area contributed by atoms with E-state index in [4.69, 9.17) is 0 Å². The third-order valence-corrected chi connectivity index (χ3v) is 3.51. The minimum Gasteiger partial charge on any atom is -0.324 e. The monoisotopic (exact) mass is 320 g/mol. The summed E-state index contributed by atoms with van der Waals surface area (Å²) in [5, 5.41) is 11.0. The van der Waals surface area contributed by atoms with Gasteiger partial charge in [-0.05, 0) is 24.6 Å². The molecule has 2 N–H and O–H groups in total. The summed E-state index contributed by atoms with van der Waals surface area (Å²) >= 11 is 0. The second-order valence-corrected chi connectivity index (χ2v) is 5.37. The van der Waals surface area contributed by atoms with E-state index in [0.717, 1.165) is 5.56 Å². The quantitative estimate of drug-likeness (QED) is 0.706. The van der Waals surface area contributed by atoms with Crippen LogP contribution in [0.5, 0.6) is 0 Å². The number of aromatic nitrogens is 3. The van der Waals surface area contributed by atoms with E-state index in [1.54, 1.807) is 24.3 Å². The Labute approximate surface area is 138 Å². The summed E-state index contributed by atoms with van der Waals surface area (Å²) in [7, 11) is 0. The van der Waals surface area contributed by atoms with Crippen LogP contribution in [-0.2, 0) is 6.42 Å². The number of benzene rings is 2. The summed E-state index contributed by atoms with van der Waals surface area (Å²) in [4.78, 5) is 26.2. The highest BCUT2D eigenvalue weighted by Gasteiger charge is 2.07. The molecule has 24 heavy (non-hydrogen) atoms. The van der Waals surface area contributed by atoms with Crippen molar-refractivity contribution < 1.29 is 4.79 Å². The summed E-state index contributed by atoms with van der Waals surface area (Å²) in [5.41, 5.74) is 2.29. The van der Waals surface area contributed by atoms with E-state index in [1.165, 1.54) is 6.92 Å². The second kappa shape index (κ2) is 6.87. The van der Waals surface area contributed by atoms with Gasteiger partial charge in [0.15, 0.2) is 5.78 Å². The maximum absolute atomic E-state index is 12.2. The Morgan fingerprint density at radius 2 is 1.88 bits per heavy atom. The smallest absolute Gasteiger partial charge is 0.274 e. The molecule has 0 fully saturated rings. The van der Waals surface area contributed by atoms with E-state index in [2.05, 4.69) is 20.5 Å². The number of ketones is 1. The first kappa shape index (κ1) is 15.6. The van der Waals surface area contributed by atoms with Crippen molar-refractivity contribution in [2.75, 3.05) is 5.32 Å². The maximum atomic E-state index is 12.2. The first-order valence-electron chi connectivity index (χ1n) is 7.49. The number of hydrogen-bond donors (Lipinski definition) is 2. The number of anilines is 2. The Morgan fingerprint density at radius 3 is 2.58 bits per heavy atom. The zero-order chi connectivity index (χ0) is 16.9. The third kappa shape index (κ3) is 3.73. The van der Waals surface area contributed by atoms with Gasteiger partial charge in [0.05, 0.1) is 0 Å². The average molecular weight is 320 g/mol. The van der Waals surface area contributed by atoms with Crippen LogP contribution in [0.4, 0.5) is 11.6 Å². The largest absolute Gasteiger partial charge is 0.324 e. The van der Waals surface area contributed by atoms with Crippen LogP contribution >= 0.6 is 0 Å². The lowest BCUT2D eigenvalue weighted by molar-refractivity contribution is 0.101. The number of nitrogens with one attached hydrogen (secondary N) is 2. The van der Waals surface area contributed by atoms with Gasteiger partial charge in [0.1, 0.15) is 5.69 Å². The number of nitrogens with zero attached hydrogens (tertiary/aromatic N) is 2. The van der Waals surface area contributed by atoms with Crippen LogP contribution in [0.25, 0.3) is 0 Å². The standard InChI is InChI=1S/C18H16N4O2/c1-12(23)14-8-5-9-15(11-14)19-18-20-17(24)16(21-22-18)10-13-6-3-2-4-7-13/h2-9,11H,10H2,1H3,(H2,19,20,22,24). The number of rotatable bonds is 5. The molecule has 6 nitrogen and oxygen atoms in total. The van der Waals surface area contributed by atoms with E-state index in [9.17, 15) is 9.59 Å². The van der Waals surface area contributed by atoms with Crippen LogP contribution in [0.15, 0.2) is 59.4 Å². The maximum Gasteiger partial charge on any atom is 0.274 e. The second-order valence-electron chi connectivity index (χ2n) is 5.37. The molecule has 2 aromatic carbocycles. The Balaban J connectivity index is 1.79. The molecule has 0 atom stereocenters. The first-order chi connectivity index (χ1) is 11.6. The van der Waals surface area contributed by atoms with E-state index in [-0.39, 0.29) is 17.3 Å². The topological polar surface area (TPSA) is 87.7 Å². The van der Waals surface area contributed by atoms with Gasteiger partial charge < -0.3 is 5.32 Å². The summed E-state index contributed by atoms with van der Waals surface area (Å²) in [5.74, 6) is 0.203. The van der Waals surface area contributed by atoms with Crippen LogP contribution in [0, 0.1) is 0 Å². The van der Waals surface area contributed by atoms with Gasteiger partial charge in [-0.1, -0.05) is 42.5 Å². The molecule has 6 heteroatoms. The van der Waals surface area contributed by atoms with Gasteiger partial charge in [0, 0.05) is 17.7 Å². The highest BCUT2D eigenvalue weighted by atomic mass is 16.1. The number of aromatic amines is 1. The zero-order valence-electron chi connectivity index (χ0n) is 13.1. The van der Waals surface area contributed by atoms with E-state index < -0.39 is 0 Å². The predicted molar refractivity (Wildman–Crippen MR) is 91.6 cm³/mol. The van der Waals surface area contributed by atoms with Crippen molar-refractivity contribution in [3.63, 3.8) is 0 Å². The molecular weight excluding hydrogens is 304 g/mol. The number of Topliss-reactive ketones (excluding diaryl/α,β-unsaturated/α-hetero) is 1. The highest BCUT2D eigenvalue weighted by molar-refractivity contribution is 5.95. The van der Waals surface area contributed by atoms with Gasteiger partial charge in [0.2, 0.25) is 5.95 Å². The van der Waals surface area contributed by atoms with Crippen LogP contribution in [0.3, 0.4) is 0 Å². The van der Waals surface area contributed by atoms with Crippen molar-refractivity contribution >= 4 is 17.4 Å². The SMILES string of the molecule is CC(=O)c1cccc(Nc2nnc(Cc3ccccc3)c(=O)[nH]2)c1. The number of hydrogen-bond acceptors (Lipinski definition) is 5. The number of carbonyl (C=O) groups excluding carboxylic acids is 1. The molecule has 0 saturated heterocycles. The molecule has 0 unspecified atom stereocenters. The van der Waals surface area contributed by atoms with Crippen LogP contribution < -0.4 is 10.9 Å². The molecular formula is C18H16N4O2. The van der Waals surface area contributed by atoms with Crippen LogP contribution in [0.1, 0.15) is 28.5 Å². The fraction of sp³-hybridized carbons (Fsp3) is 0.111. The van der Waals surface area contributed by atoms with Crippen LogP contribution in [-0.4, -0.2) is 21.0 Å². The molecule has 0 bridgehead atoms. The molecule has 120 valence electrons. The van der Waals surface area contributed by atoms with Gasteiger partial charge in [-0.2, -0.15) is 0 Å². The molecule has 3 rings (SSSR count). The molecule has 0 amide bonds. The van der Waals surface area contributed by atoms with Crippen molar-refractivity contribution in [2.24, 2.45) is 0 Å². The molecule has 1 aromatic heterocycles. The van der Waals surface area contributed by atoms with E-state index in [1.807, 2.05) is 30.3 Å². The molecule has 0 saturated carbocycles. The normalized spacial score (nSPS) is 10.4. The number of carbonyl (C=O) groups is 1. The Hall–Kier alpha value is -3.28. The van der Waals surface area contributed by atoms with E-state index in [0.29, 0.717) is 23.4 Å².